The van der Waals surface area contributed by atoms with Crippen molar-refractivity contribution in [3.63, 3.8) is 0 Å². The van der Waals surface area contributed by atoms with Gasteiger partial charge < -0.3 is 10.2 Å². The summed E-state index contributed by atoms with van der Waals surface area (Å²) in [5.74, 6) is 1.31. The molecule has 3 nitrogen and oxygen atoms in total. The average Bonchev–Trinajstić information content (AvgIpc) is 3.35. The van der Waals surface area contributed by atoms with Crippen molar-refractivity contribution in [2.24, 2.45) is 0 Å². The Morgan fingerprint density at radius 2 is 1.14 bits per heavy atom. The largest absolute Gasteiger partial charge is 0.508 e. The number of thiol groups is 1. The van der Waals surface area contributed by atoms with Crippen LogP contribution < -0.4 is 3.71 Å². The van der Waals surface area contributed by atoms with Gasteiger partial charge in [0, 0.05) is 9.81 Å². The van der Waals surface area contributed by atoms with Crippen molar-refractivity contribution in [1.29, 1.82) is 0 Å². The first-order valence-corrected chi connectivity index (χ1v) is 14.4. The van der Waals surface area contributed by atoms with Gasteiger partial charge in [0.1, 0.15) is 35.4 Å². The van der Waals surface area contributed by atoms with E-state index in [1.54, 1.807) is 48.0 Å². The van der Waals surface area contributed by atoms with Crippen LogP contribution >= 0.6 is 48.3 Å². The molecule has 0 amide bonds. The number of phenols is 2. The molecule has 4 aromatic carbocycles. The minimum absolute atomic E-state index is 0.240. The number of phenolic OH excluding ortho intramolecular Hbond substituents is 2. The number of hydrogen-bond donors (Lipinski definition) is 4. The first-order chi connectivity index (χ1) is 17.6. The lowest BCUT2D eigenvalue weighted by molar-refractivity contribution is -0.564. The molecule has 1 aliphatic rings. The van der Waals surface area contributed by atoms with Gasteiger partial charge in [0.05, 0.1) is 9.81 Å². The summed E-state index contributed by atoms with van der Waals surface area (Å²) in [5, 5.41) is 19.5. The quantitative estimate of drug-likeness (QED) is 0.112. The van der Waals surface area contributed by atoms with Gasteiger partial charge in [-0.05, 0) is 58.7 Å². The smallest absolute Gasteiger partial charge is 0.150 e. The zero-order valence-corrected chi connectivity index (χ0v) is 22.5. The van der Waals surface area contributed by atoms with Gasteiger partial charge in [0.25, 0.3) is 0 Å². The Bertz CT molecular complexity index is 1390. The lowest BCUT2D eigenvalue weighted by Gasteiger charge is -2.14. The van der Waals surface area contributed by atoms with Gasteiger partial charge in [-0.3, -0.25) is 0 Å². The molecule has 7 heteroatoms. The van der Waals surface area contributed by atoms with Crippen molar-refractivity contribution in [3.05, 3.63) is 131 Å². The first-order valence-electron chi connectivity index (χ1n) is 11.3. The Hall–Kier alpha value is -2.68. The predicted octanol–water partition coefficient (Wildman–Crippen LogP) is 7.27. The molecule has 1 aliphatic heterocycles. The normalized spacial score (nSPS) is 16.2. The van der Waals surface area contributed by atoms with Crippen LogP contribution in [0.3, 0.4) is 0 Å². The number of benzene rings is 4. The molecular weight excluding hydrogens is 523 g/mol. The van der Waals surface area contributed by atoms with Gasteiger partial charge in [0.15, 0.2) is 5.88 Å². The van der Waals surface area contributed by atoms with Crippen molar-refractivity contribution < 1.29 is 13.9 Å². The van der Waals surface area contributed by atoms with Crippen LogP contribution in [0.5, 0.6) is 11.5 Å². The van der Waals surface area contributed by atoms with E-state index in [-0.39, 0.29) is 11.5 Å². The van der Waals surface area contributed by atoms with Crippen LogP contribution in [0.4, 0.5) is 0 Å². The second-order valence-corrected chi connectivity index (χ2v) is 11.9. The minimum atomic E-state index is 0.240. The third-order valence-corrected chi connectivity index (χ3v) is 10.4. The Morgan fingerprint density at radius 3 is 1.72 bits per heavy atom. The van der Waals surface area contributed by atoms with Crippen LogP contribution in [-0.2, 0) is 0 Å². The highest BCUT2D eigenvalue weighted by atomic mass is 32.2. The van der Waals surface area contributed by atoms with Gasteiger partial charge in [-0.25, -0.2) is 0 Å². The zero-order valence-electron chi connectivity index (χ0n) is 19.2. The van der Waals surface area contributed by atoms with Crippen LogP contribution in [0, 0.1) is 0 Å². The molecule has 0 bridgehead atoms. The summed E-state index contributed by atoms with van der Waals surface area (Å²) >= 11 is 10.3. The summed E-state index contributed by atoms with van der Waals surface area (Å²) in [6, 6.07) is 35.4. The van der Waals surface area contributed by atoms with Crippen LogP contribution in [0.1, 0.15) is 22.3 Å². The van der Waals surface area contributed by atoms with Gasteiger partial charge >= 0.3 is 0 Å². The van der Waals surface area contributed by atoms with E-state index < -0.39 is 0 Å². The summed E-state index contributed by atoms with van der Waals surface area (Å²) < 4.78 is 1.29. The minimum Gasteiger partial charge on any atom is -0.508 e. The van der Waals surface area contributed by atoms with E-state index in [1.807, 2.05) is 60.5 Å². The van der Waals surface area contributed by atoms with Crippen LogP contribution in [-0.4, -0.2) is 16.1 Å². The summed E-state index contributed by atoms with van der Waals surface area (Å²) in [5.41, 5.74) is 4.37. The van der Waals surface area contributed by atoms with Gasteiger partial charge in [-0.2, -0.15) is 3.71 Å². The van der Waals surface area contributed by atoms with Crippen LogP contribution in [0.2, 0.25) is 0 Å². The number of hydrogen-bond acceptors (Lipinski definition) is 6. The van der Waals surface area contributed by atoms with Crippen molar-refractivity contribution >= 4 is 67.9 Å². The maximum atomic E-state index is 9.79. The monoisotopic (exact) mass is 546 g/mol. The molecule has 180 valence electrons. The standard InChI is InChI=1S/C29H23NO2S4/c31-24-15-11-20(12-16-24)26(33)27(21-7-3-1-4-8-21)34-19-30-35-28(22-9-5-2-6-10-22)29(36-30)23-13-17-25(32)18-14-23/h1-18,31-33H,19H2/p+1/b27-26-. The van der Waals surface area contributed by atoms with Crippen LogP contribution in [0.15, 0.2) is 109 Å². The third kappa shape index (κ3) is 5.82. The van der Waals surface area contributed by atoms with Gasteiger partial charge in [0.2, 0.25) is 0 Å². The third-order valence-electron chi connectivity index (χ3n) is 5.53. The van der Waals surface area contributed by atoms with Crippen LogP contribution in [0.25, 0.3) is 19.6 Å². The molecule has 0 saturated heterocycles. The molecule has 0 radical (unpaired) electrons. The zero-order chi connectivity index (χ0) is 24.9. The van der Waals surface area contributed by atoms with Crippen molar-refractivity contribution in [1.82, 2.24) is 0 Å². The molecule has 36 heavy (non-hydrogen) atoms. The second-order valence-electron chi connectivity index (χ2n) is 8.03. The predicted molar refractivity (Wildman–Crippen MR) is 160 cm³/mol. The van der Waals surface area contributed by atoms with E-state index in [0.29, 0.717) is 0 Å². The summed E-state index contributed by atoms with van der Waals surface area (Å²) in [4.78, 5) is 4.42. The number of aromatic hydroxyl groups is 2. The fourth-order valence-corrected chi connectivity index (χ4v) is 8.16. The van der Waals surface area contributed by atoms with Gasteiger partial charge in [-0.1, -0.05) is 84.6 Å². The molecule has 1 unspecified atom stereocenters. The Kier molecular flexibility index (Phi) is 8.04. The highest BCUT2D eigenvalue weighted by Crippen LogP contribution is 2.44. The summed E-state index contributed by atoms with van der Waals surface area (Å²) in [6.07, 6.45) is 0. The van der Waals surface area contributed by atoms with Crippen molar-refractivity contribution in [3.8, 4) is 11.5 Å². The number of thioether (sulfide) groups is 1. The van der Waals surface area contributed by atoms with E-state index in [2.05, 4.69) is 36.4 Å². The van der Waals surface area contributed by atoms with Crippen molar-refractivity contribution in [2.45, 2.75) is 0 Å². The van der Waals surface area contributed by atoms with E-state index in [9.17, 15) is 10.2 Å². The second kappa shape index (κ2) is 11.6. The SMILES string of the molecule is Oc1ccc(C2=C(c3ccccc3)S[NH+](CS/C(=C(\S)c3ccc(O)cc3)c3ccccc3)S2)cc1. The molecule has 0 saturated carbocycles. The number of quaternary nitrogens is 1. The Labute approximate surface area is 229 Å². The molecule has 0 fully saturated rings. The molecule has 0 aromatic heterocycles. The van der Waals surface area contributed by atoms with E-state index in [1.165, 1.54) is 19.1 Å². The molecule has 0 aliphatic carbocycles. The van der Waals surface area contributed by atoms with E-state index in [4.69, 9.17) is 12.6 Å². The lowest BCUT2D eigenvalue weighted by Crippen LogP contribution is -2.96. The highest BCUT2D eigenvalue weighted by Gasteiger charge is 2.33. The summed E-state index contributed by atoms with van der Waals surface area (Å²) in [6.45, 7) is 0. The fraction of sp³-hybridized carbons (Fsp3) is 0.0345. The number of rotatable bonds is 7. The fourth-order valence-electron chi connectivity index (χ4n) is 3.74. The molecule has 5 rings (SSSR count). The topological polar surface area (TPSA) is 44.9 Å². The first kappa shape index (κ1) is 25.0. The lowest BCUT2D eigenvalue weighted by atomic mass is 10.1. The highest BCUT2D eigenvalue weighted by molar-refractivity contribution is 8.19. The van der Waals surface area contributed by atoms with Gasteiger partial charge in [-0.15, -0.1) is 12.6 Å². The Balaban J connectivity index is 1.42. The van der Waals surface area contributed by atoms with E-state index in [0.717, 1.165) is 32.4 Å². The Morgan fingerprint density at radius 1 is 0.639 bits per heavy atom. The molecule has 0 spiro atoms. The van der Waals surface area contributed by atoms with Crippen molar-refractivity contribution in [2.75, 3.05) is 5.88 Å². The number of nitrogens with one attached hydrogen (secondary N) is 1. The average molecular weight is 547 g/mol. The molecule has 1 atom stereocenters. The maximum Gasteiger partial charge on any atom is 0.150 e. The molecule has 4 aromatic rings. The molecular formula is C29H24NO2S4+. The summed E-state index contributed by atoms with van der Waals surface area (Å²) in [7, 11) is 0. The van der Waals surface area contributed by atoms with E-state index >= 15 is 0 Å². The molecule has 3 N–H and O–H groups in total. The molecule has 1 heterocycles. The maximum absolute atomic E-state index is 9.79.